The molecule has 0 unspecified atom stereocenters. The van der Waals surface area contributed by atoms with Crippen LogP contribution in [0.15, 0.2) is 11.1 Å². The van der Waals surface area contributed by atoms with E-state index in [-0.39, 0.29) is 5.56 Å². The molecule has 6 heteroatoms. The van der Waals surface area contributed by atoms with Crippen molar-refractivity contribution in [1.82, 2.24) is 19.6 Å². The molecule has 2 aromatic rings. The summed E-state index contributed by atoms with van der Waals surface area (Å²) in [7, 11) is 0. The van der Waals surface area contributed by atoms with Crippen molar-refractivity contribution in [2.75, 3.05) is 5.73 Å². The first-order valence-electron chi connectivity index (χ1n) is 3.94. The predicted molar refractivity (Wildman–Crippen MR) is 47.4 cm³/mol. The van der Waals surface area contributed by atoms with Gasteiger partial charge in [-0.3, -0.25) is 9.78 Å². The predicted octanol–water partition coefficient (Wildman–Crippen LogP) is -0.438. The van der Waals surface area contributed by atoms with Crippen molar-refractivity contribution in [2.24, 2.45) is 0 Å². The molecule has 0 radical (unpaired) electrons. The molecule has 2 heterocycles. The van der Waals surface area contributed by atoms with Crippen molar-refractivity contribution in [3.8, 4) is 0 Å². The maximum absolute atomic E-state index is 11.4. The molecule has 13 heavy (non-hydrogen) atoms. The summed E-state index contributed by atoms with van der Waals surface area (Å²) in [5.41, 5.74) is 6.06. The first-order chi connectivity index (χ1) is 6.24. The number of aromatic amines is 1. The van der Waals surface area contributed by atoms with Gasteiger partial charge in [0.2, 0.25) is 5.78 Å². The zero-order valence-electron chi connectivity index (χ0n) is 7.11. The lowest BCUT2D eigenvalue weighted by Gasteiger charge is -2.02. The number of nitrogens with two attached hydrogens (primary N) is 1. The molecule has 0 aliphatic heterocycles. The summed E-state index contributed by atoms with van der Waals surface area (Å²) in [6.45, 7) is 1.86. The lowest BCUT2D eigenvalue weighted by atomic mass is 10.2. The Hall–Kier alpha value is -1.85. The van der Waals surface area contributed by atoms with Gasteiger partial charge in [0.25, 0.3) is 5.56 Å². The van der Waals surface area contributed by atoms with Crippen LogP contribution in [0.5, 0.6) is 0 Å². The van der Waals surface area contributed by atoms with Gasteiger partial charge in [0.05, 0.1) is 5.56 Å². The number of nitrogens with zero attached hydrogens (tertiary/aromatic N) is 3. The van der Waals surface area contributed by atoms with E-state index in [1.807, 2.05) is 6.92 Å². The Morgan fingerprint density at radius 1 is 1.69 bits per heavy atom. The van der Waals surface area contributed by atoms with Crippen LogP contribution in [-0.4, -0.2) is 19.6 Å². The normalized spacial score (nSPS) is 10.8. The number of rotatable bonds is 1. The third-order valence-corrected chi connectivity index (χ3v) is 1.94. The minimum Gasteiger partial charge on any atom is -0.383 e. The molecule has 0 spiro atoms. The van der Waals surface area contributed by atoms with Crippen LogP contribution in [0.25, 0.3) is 5.78 Å². The first kappa shape index (κ1) is 7.78. The smallest absolute Gasteiger partial charge is 0.257 e. The molecule has 3 N–H and O–H groups in total. The second-order valence-electron chi connectivity index (χ2n) is 2.67. The average molecular weight is 179 g/mol. The van der Waals surface area contributed by atoms with Crippen LogP contribution in [0.2, 0.25) is 0 Å². The molecule has 0 atom stereocenters. The van der Waals surface area contributed by atoms with Crippen molar-refractivity contribution < 1.29 is 0 Å². The van der Waals surface area contributed by atoms with Gasteiger partial charge in [0.15, 0.2) is 0 Å². The van der Waals surface area contributed by atoms with Gasteiger partial charge in [0, 0.05) is 0 Å². The fraction of sp³-hybridized carbons (Fsp3) is 0.286. The quantitative estimate of drug-likeness (QED) is 0.621. The molecule has 0 saturated carbocycles. The van der Waals surface area contributed by atoms with E-state index in [4.69, 9.17) is 5.73 Å². The van der Waals surface area contributed by atoms with Crippen LogP contribution in [0, 0.1) is 0 Å². The topological polar surface area (TPSA) is 89.1 Å². The molecule has 0 saturated heterocycles. The lowest BCUT2D eigenvalue weighted by molar-refractivity contribution is 0.910. The summed E-state index contributed by atoms with van der Waals surface area (Å²) in [4.78, 5) is 17.8. The number of hydrogen-bond donors (Lipinski definition) is 2. The maximum Gasteiger partial charge on any atom is 0.257 e. The van der Waals surface area contributed by atoms with Crippen LogP contribution in [0.3, 0.4) is 0 Å². The summed E-state index contributed by atoms with van der Waals surface area (Å²) in [5, 5.41) is 3.88. The van der Waals surface area contributed by atoms with E-state index in [9.17, 15) is 4.79 Å². The fourth-order valence-electron chi connectivity index (χ4n) is 1.27. The highest BCUT2D eigenvalue weighted by Crippen LogP contribution is 2.06. The van der Waals surface area contributed by atoms with Crippen molar-refractivity contribution >= 4 is 11.6 Å². The Morgan fingerprint density at radius 3 is 3.15 bits per heavy atom. The average Bonchev–Trinajstić information content (AvgIpc) is 2.53. The third kappa shape index (κ3) is 0.986. The number of aromatic nitrogens is 4. The van der Waals surface area contributed by atoms with E-state index >= 15 is 0 Å². The SMILES string of the molecule is CCc1c(N)n2ncnc2[nH]c1=O. The number of hydrogen-bond acceptors (Lipinski definition) is 4. The van der Waals surface area contributed by atoms with E-state index in [0.29, 0.717) is 23.6 Å². The largest absolute Gasteiger partial charge is 0.383 e. The van der Waals surface area contributed by atoms with Gasteiger partial charge in [-0.2, -0.15) is 14.6 Å². The van der Waals surface area contributed by atoms with Crippen molar-refractivity contribution in [2.45, 2.75) is 13.3 Å². The van der Waals surface area contributed by atoms with Crippen molar-refractivity contribution in [3.63, 3.8) is 0 Å². The van der Waals surface area contributed by atoms with Crippen LogP contribution < -0.4 is 11.3 Å². The number of anilines is 1. The highest BCUT2D eigenvalue weighted by Gasteiger charge is 2.08. The van der Waals surface area contributed by atoms with Gasteiger partial charge in [-0.15, -0.1) is 0 Å². The molecule has 0 aromatic carbocycles. The summed E-state index contributed by atoms with van der Waals surface area (Å²) < 4.78 is 1.42. The van der Waals surface area contributed by atoms with Crippen molar-refractivity contribution in [3.05, 3.63) is 22.2 Å². The Morgan fingerprint density at radius 2 is 2.46 bits per heavy atom. The lowest BCUT2D eigenvalue weighted by Crippen LogP contribution is -2.18. The highest BCUT2D eigenvalue weighted by molar-refractivity contribution is 5.45. The Bertz CT molecular complexity index is 497. The minimum atomic E-state index is -0.194. The molecular weight excluding hydrogens is 170 g/mol. The van der Waals surface area contributed by atoms with Crippen LogP contribution in [-0.2, 0) is 6.42 Å². The zero-order chi connectivity index (χ0) is 9.42. The monoisotopic (exact) mass is 179 g/mol. The fourth-order valence-corrected chi connectivity index (χ4v) is 1.27. The van der Waals surface area contributed by atoms with Gasteiger partial charge in [-0.25, -0.2) is 0 Å². The van der Waals surface area contributed by atoms with Gasteiger partial charge >= 0.3 is 0 Å². The van der Waals surface area contributed by atoms with Crippen LogP contribution in [0.4, 0.5) is 5.82 Å². The number of nitrogens with one attached hydrogen (secondary N) is 1. The molecule has 0 aliphatic carbocycles. The molecule has 0 fully saturated rings. The van der Waals surface area contributed by atoms with E-state index in [1.165, 1.54) is 10.8 Å². The first-order valence-corrected chi connectivity index (χ1v) is 3.94. The molecule has 0 aliphatic rings. The van der Waals surface area contributed by atoms with E-state index in [0.717, 1.165) is 0 Å². The third-order valence-electron chi connectivity index (χ3n) is 1.94. The minimum absolute atomic E-state index is 0.194. The summed E-state index contributed by atoms with van der Waals surface area (Å²) in [5.74, 6) is 0.735. The summed E-state index contributed by atoms with van der Waals surface area (Å²) >= 11 is 0. The standard InChI is InChI=1S/C7H9N5O/c1-2-4-5(8)12-7(9-3-10-12)11-6(4)13/h3H,2,8H2,1H3,(H,9,10,11,13). The Balaban J connectivity index is 2.93. The molecule has 0 bridgehead atoms. The van der Waals surface area contributed by atoms with Gasteiger partial charge < -0.3 is 5.73 Å². The van der Waals surface area contributed by atoms with Crippen LogP contribution in [0.1, 0.15) is 12.5 Å². The second kappa shape index (κ2) is 2.58. The molecular formula is C7H9N5O. The molecule has 2 aromatic heterocycles. The summed E-state index contributed by atoms with van der Waals surface area (Å²) in [6.07, 6.45) is 1.93. The van der Waals surface area contributed by atoms with Gasteiger partial charge in [-0.1, -0.05) is 6.92 Å². The maximum atomic E-state index is 11.4. The van der Waals surface area contributed by atoms with Crippen molar-refractivity contribution in [1.29, 1.82) is 0 Å². The Kier molecular flexibility index (Phi) is 1.54. The second-order valence-corrected chi connectivity index (χ2v) is 2.67. The molecule has 2 rings (SSSR count). The number of fused-ring (bicyclic) bond motifs is 1. The number of H-pyrrole nitrogens is 1. The zero-order valence-corrected chi connectivity index (χ0v) is 7.11. The van der Waals surface area contributed by atoms with Gasteiger partial charge in [-0.05, 0) is 6.42 Å². The Labute approximate surface area is 73.4 Å². The number of nitrogen functional groups attached to an aromatic ring is 1. The highest BCUT2D eigenvalue weighted by atomic mass is 16.1. The molecule has 0 amide bonds. The molecule has 68 valence electrons. The summed E-state index contributed by atoms with van der Waals surface area (Å²) in [6, 6.07) is 0. The van der Waals surface area contributed by atoms with E-state index < -0.39 is 0 Å². The van der Waals surface area contributed by atoms with E-state index in [2.05, 4.69) is 15.1 Å². The van der Waals surface area contributed by atoms with Gasteiger partial charge in [0.1, 0.15) is 12.1 Å². The van der Waals surface area contributed by atoms with E-state index in [1.54, 1.807) is 0 Å². The molecule has 6 nitrogen and oxygen atoms in total. The van der Waals surface area contributed by atoms with Crippen LogP contribution >= 0.6 is 0 Å².